The molecule has 2 rings (SSSR count). The van der Waals surface area contributed by atoms with Crippen molar-refractivity contribution in [3.63, 3.8) is 0 Å². The van der Waals surface area contributed by atoms with E-state index in [1.54, 1.807) is 13.8 Å². The highest BCUT2D eigenvalue weighted by molar-refractivity contribution is 5.67. The summed E-state index contributed by atoms with van der Waals surface area (Å²) in [6.07, 6.45) is 1.39. The molecule has 1 aromatic heterocycles. The van der Waals surface area contributed by atoms with Gasteiger partial charge in [-0.3, -0.25) is 10.2 Å². The molecule has 1 aromatic rings. The lowest BCUT2D eigenvalue weighted by molar-refractivity contribution is 0.832. The fraction of sp³-hybridized carbons (Fsp3) is 0.286. The highest BCUT2D eigenvalue weighted by Gasteiger charge is 2.11. The molecule has 0 radical (unpaired) electrons. The van der Waals surface area contributed by atoms with E-state index >= 15 is 0 Å². The van der Waals surface area contributed by atoms with Crippen molar-refractivity contribution in [1.29, 1.82) is 0 Å². The third-order valence-electron chi connectivity index (χ3n) is 1.97. The first-order valence-corrected chi connectivity index (χ1v) is 3.84. The van der Waals surface area contributed by atoms with Gasteiger partial charge >= 0.3 is 0 Å². The van der Waals surface area contributed by atoms with Crippen LogP contribution in [0.2, 0.25) is 0 Å². The average Bonchev–Trinajstić information content (AvgIpc) is 2.15. The monoisotopic (exact) mass is 179 g/mol. The Kier molecular flexibility index (Phi) is 1.54. The molecule has 68 valence electrons. The zero-order valence-corrected chi connectivity index (χ0v) is 7.33. The van der Waals surface area contributed by atoms with E-state index in [2.05, 4.69) is 20.9 Å². The summed E-state index contributed by atoms with van der Waals surface area (Å²) in [7, 11) is 0. The Morgan fingerprint density at radius 2 is 2.23 bits per heavy atom. The largest absolute Gasteiger partial charge is 0.277 e. The molecular weight excluding hydrogens is 170 g/mol. The van der Waals surface area contributed by atoms with Crippen LogP contribution in [-0.4, -0.2) is 16.0 Å². The predicted octanol–water partition coefficient (Wildman–Crippen LogP) is -0.228. The Bertz CT molecular complexity index is 433. The lowest BCUT2D eigenvalue weighted by Gasteiger charge is -2.15. The van der Waals surface area contributed by atoms with Crippen molar-refractivity contribution >= 4 is 12.3 Å². The van der Waals surface area contributed by atoms with Crippen LogP contribution in [0.25, 0.3) is 0 Å². The van der Waals surface area contributed by atoms with E-state index in [-0.39, 0.29) is 5.56 Å². The first-order chi connectivity index (χ1) is 6.20. The van der Waals surface area contributed by atoms with E-state index in [1.165, 1.54) is 11.0 Å². The van der Waals surface area contributed by atoms with Gasteiger partial charge in [0.15, 0.2) is 0 Å². The molecule has 6 nitrogen and oxygen atoms in total. The Morgan fingerprint density at radius 1 is 1.46 bits per heavy atom. The van der Waals surface area contributed by atoms with Gasteiger partial charge in [-0.15, -0.1) is 0 Å². The van der Waals surface area contributed by atoms with Crippen molar-refractivity contribution in [2.45, 2.75) is 13.8 Å². The van der Waals surface area contributed by atoms with Gasteiger partial charge in [0, 0.05) is 11.3 Å². The molecule has 0 saturated heterocycles. The molecule has 0 unspecified atom stereocenters. The SMILES string of the molecule is Cc1nc2n(c(=O)c1C)NC=NN2. The smallest absolute Gasteiger partial charge is 0.276 e. The summed E-state index contributed by atoms with van der Waals surface area (Å²) < 4.78 is 1.31. The summed E-state index contributed by atoms with van der Waals surface area (Å²) in [6.45, 7) is 3.53. The number of rotatable bonds is 0. The second kappa shape index (κ2) is 2.58. The molecule has 6 heteroatoms. The lowest BCUT2D eigenvalue weighted by atomic mass is 10.3. The van der Waals surface area contributed by atoms with Crippen LogP contribution < -0.4 is 16.4 Å². The van der Waals surface area contributed by atoms with Crippen LogP contribution in [0.4, 0.5) is 5.95 Å². The number of anilines is 1. The maximum Gasteiger partial charge on any atom is 0.277 e. The summed E-state index contributed by atoms with van der Waals surface area (Å²) in [6, 6.07) is 0. The molecule has 1 aliphatic rings. The van der Waals surface area contributed by atoms with Gasteiger partial charge < -0.3 is 0 Å². The second-order valence-corrected chi connectivity index (χ2v) is 2.79. The highest BCUT2D eigenvalue weighted by atomic mass is 16.1. The highest BCUT2D eigenvalue weighted by Crippen LogP contribution is 2.05. The molecular formula is C7H9N5O. The summed E-state index contributed by atoms with van der Waals surface area (Å²) in [5.41, 5.74) is 6.55. The van der Waals surface area contributed by atoms with Crippen LogP contribution in [0.5, 0.6) is 0 Å². The summed E-state index contributed by atoms with van der Waals surface area (Å²) in [5.74, 6) is 0.413. The first-order valence-electron chi connectivity index (χ1n) is 3.84. The number of aromatic nitrogens is 2. The second-order valence-electron chi connectivity index (χ2n) is 2.79. The predicted molar refractivity (Wildman–Crippen MR) is 49.4 cm³/mol. The summed E-state index contributed by atoms with van der Waals surface area (Å²) in [4.78, 5) is 15.7. The minimum atomic E-state index is -0.110. The van der Waals surface area contributed by atoms with Gasteiger partial charge in [-0.05, 0) is 13.8 Å². The van der Waals surface area contributed by atoms with Gasteiger partial charge in [-0.1, -0.05) is 0 Å². The molecule has 0 amide bonds. The number of hydrogen-bond acceptors (Lipinski definition) is 5. The molecule has 0 aliphatic carbocycles. The van der Waals surface area contributed by atoms with E-state index < -0.39 is 0 Å². The maximum atomic E-state index is 11.6. The van der Waals surface area contributed by atoms with Gasteiger partial charge in [-0.2, -0.15) is 9.78 Å². The van der Waals surface area contributed by atoms with Crippen LogP contribution in [-0.2, 0) is 0 Å². The molecule has 1 aliphatic heterocycles. The number of hydrazone groups is 1. The van der Waals surface area contributed by atoms with Gasteiger partial charge in [-0.25, -0.2) is 10.4 Å². The quantitative estimate of drug-likeness (QED) is 0.577. The third-order valence-corrected chi connectivity index (χ3v) is 1.97. The maximum absolute atomic E-state index is 11.6. The number of nitrogens with one attached hydrogen (secondary N) is 2. The van der Waals surface area contributed by atoms with Crippen molar-refractivity contribution in [1.82, 2.24) is 9.66 Å². The van der Waals surface area contributed by atoms with Crippen LogP contribution >= 0.6 is 0 Å². The zero-order chi connectivity index (χ0) is 9.42. The Morgan fingerprint density at radius 3 is 3.00 bits per heavy atom. The van der Waals surface area contributed by atoms with Crippen molar-refractivity contribution < 1.29 is 0 Å². The molecule has 0 fully saturated rings. The molecule has 2 heterocycles. The fourth-order valence-electron chi connectivity index (χ4n) is 1.08. The van der Waals surface area contributed by atoms with E-state index in [4.69, 9.17) is 0 Å². The molecule has 0 atom stereocenters. The van der Waals surface area contributed by atoms with E-state index in [9.17, 15) is 4.79 Å². The van der Waals surface area contributed by atoms with Crippen LogP contribution in [0.3, 0.4) is 0 Å². The van der Waals surface area contributed by atoms with Crippen molar-refractivity contribution in [3.8, 4) is 0 Å². The van der Waals surface area contributed by atoms with Gasteiger partial charge in [0.2, 0.25) is 5.95 Å². The Balaban J connectivity index is 2.72. The van der Waals surface area contributed by atoms with Gasteiger partial charge in [0.1, 0.15) is 6.34 Å². The molecule has 0 saturated carbocycles. The zero-order valence-electron chi connectivity index (χ0n) is 7.33. The summed E-state index contributed by atoms with van der Waals surface area (Å²) in [5, 5.41) is 3.72. The fourth-order valence-corrected chi connectivity index (χ4v) is 1.08. The Hall–Kier alpha value is -1.85. The first kappa shape index (κ1) is 7.78. The van der Waals surface area contributed by atoms with Crippen molar-refractivity contribution in [2.24, 2.45) is 5.10 Å². The average molecular weight is 179 g/mol. The molecule has 0 bridgehead atoms. The normalized spacial score (nSPS) is 13.1. The number of nitrogens with zero attached hydrogens (tertiary/aromatic N) is 3. The van der Waals surface area contributed by atoms with Crippen molar-refractivity contribution in [3.05, 3.63) is 21.6 Å². The van der Waals surface area contributed by atoms with Crippen LogP contribution in [0.1, 0.15) is 11.3 Å². The molecule has 2 N–H and O–H groups in total. The van der Waals surface area contributed by atoms with Crippen LogP contribution in [0.15, 0.2) is 9.90 Å². The molecule has 0 aromatic carbocycles. The van der Waals surface area contributed by atoms with E-state index in [1.807, 2.05) is 0 Å². The van der Waals surface area contributed by atoms with E-state index in [0.717, 1.165) is 0 Å². The number of hydrogen-bond donors (Lipinski definition) is 2. The molecule has 13 heavy (non-hydrogen) atoms. The van der Waals surface area contributed by atoms with E-state index in [0.29, 0.717) is 17.2 Å². The number of fused-ring (bicyclic) bond motifs is 1. The number of aryl methyl sites for hydroxylation is 1. The van der Waals surface area contributed by atoms with Crippen LogP contribution in [0, 0.1) is 13.8 Å². The Labute approximate surface area is 74.3 Å². The summed E-state index contributed by atoms with van der Waals surface area (Å²) >= 11 is 0. The van der Waals surface area contributed by atoms with Crippen molar-refractivity contribution in [2.75, 3.05) is 10.9 Å². The van der Waals surface area contributed by atoms with Gasteiger partial charge in [0.05, 0.1) is 0 Å². The minimum Gasteiger partial charge on any atom is -0.276 e. The lowest BCUT2D eigenvalue weighted by Crippen LogP contribution is -2.35. The molecule has 0 spiro atoms. The minimum absolute atomic E-state index is 0.110. The standard InChI is InChI=1S/C7H9N5O/c1-4-5(2)10-7-11-8-3-9-12(7)6(4)13/h3H,1-2H3,(H,8,9)(H,10,11). The topological polar surface area (TPSA) is 71.3 Å². The van der Waals surface area contributed by atoms with Gasteiger partial charge in [0.25, 0.3) is 5.56 Å². The third kappa shape index (κ3) is 1.07.